The lowest BCUT2D eigenvalue weighted by Crippen LogP contribution is -1.95. The van der Waals surface area contributed by atoms with E-state index in [2.05, 4.69) is 22.6 Å². The van der Waals surface area contributed by atoms with Gasteiger partial charge in [-0.1, -0.05) is 36.4 Å². The zero-order valence-electron chi connectivity index (χ0n) is 12.8. The first-order chi connectivity index (χ1) is 11.7. The number of aromatic nitrogens is 2. The van der Waals surface area contributed by atoms with E-state index in [-0.39, 0.29) is 0 Å². The van der Waals surface area contributed by atoms with E-state index in [9.17, 15) is 5.26 Å². The number of fused-ring (bicyclic) bond motifs is 1. The van der Waals surface area contributed by atoms with Crippen LogP contribution in [0.5, 0.6) is 5.75 Å². The van der Waals surface area contributed by atoms with Gasteiger partial charge in [0, 0.05) is 10.6 Å². The summed E-state index contributed by atoms with van der Waals surface area (Å²) in [6.45, 7) is 4.01. The molecular formula is C19H14ClN3O. The molecule has 0 spiro atoms. The summed E-state index contributed by atoms with van der Waals surface area (Å²) >= 11 is 6.08. The Labute approximate surface area is 144 Å². The number of halogens is 1. The van der Waals surface area contributed by atoms with Crippen LogP contribution in [0.3, 0.4) is 0 Å². The van der Waals surface area contributed by atoms with Crippen LogP contribution in [0.4, 0.5) is 0 Å². The Balaban J connectivity index is 2.06. The Kier molecular flexibility index (Phi) is 4.64. The molecule has 3 rings (SSSR count). The number of nitrogens with one attached hydrogen (secondary N) is 1. The average molecular weight is 336 g/mol. The molecule has 5 heteroatoms. The van der Waals surface area contributed by atoms with Gasteiger partial charge in [0.15, 0.2) is 0 Å². The van der Waals surface area contributed by atoms with Crippen LogP contribution >= 0.6 is 11.6 Å². The molecule has 0 aliphatic heterocycles. The molecule has 118 valence electrons. The van der Waals surface area contributed by atoms with E-state index in [1.807, 2.05) is 24.3 Å². The van der Waals surface area contributed by atoms with Crippen LogP contribution in [0.2, 0.25) is 5.02 Å². The van der Waals surface area contributed by atoms with Crippen molar-refractivity contribution in [2.75, 3.05) is 6.61 Å². The molecule has 0 aliphatic carbocycles. The molecule has 0 amide bonds. The molecule has 0 radical (unpaired) electrons. The van der Waals surface area contributed by atoms with Gasteiger partial charge < -0.3 is 9.72 Å². The van der Waals surface area contributed by atoms with Crippen molar-refractivity contribution in [3.05, 3.63) is 71.5 Å². The Bertz CT molecular complexity index is 933. The normalized spacial score (nSPS) is 11.2. The van der Waals surface area contributed by atoms with Crippen LogP contribution < -0.4 is 4.74 Å². The molecule has 4 nitrogen and oxygen atoms in total. The minimum Gasteiger partial charge on any atom is -0.489 e. The molecule has 2 aromatic carbocycles. The van der Waals surface area contributed by atoms with Crippen molar-refractivity contribution < 1.29 is 4.74 Å². The van der Waals surface area contributed by atoms with Crippen LogP contribution in [0.25, 0.3) is 22.7 Å². The highest BCUT2D eigenvalue weighted by molar-refractivity contribution is 6.30. The van der Waals surface area contributed by atoms with E-state index in [0.29, 0.717) is 34.3 Å². The second-order valence-electron chi connectivity index (χ2n) is 5.05. The Morgan fingerprint density at radius 1 is 1.33 bits per heavy atom. The van der Waals surface area contributed by atoms with Gasteiger partial charge in [-0.05, 0) is 36.4 Å². The van der Waals surface area contributed by atoms with Gasteiger partial charge in [0.2, 0.25) is 0 Å². The highest BCUT2D eigenvalue weighted by Crippen LogP contribution is 2.27. The lowest BCUT2D eigenvalue weighted by atomic mass is 10.1. The zero-order chi connectivity index (χ0) is 16.9. The second kappa shape index (κ2) is 7.03. The topological polar surface area (TPSA) is 61.7 Å². The summed E-state index contributed by atoms with van der Waals surface area (Å²) in [6.07, 6.45) is 3.37. The Morgan fingerprint density at radius 3 is 2.92 bits per heavy atom. The van der Waals surface area contributed by atoms with Crippen molar-refractivity contribution in [1.82, 2.24) is 9.97 Å². The summed E-state index contributed by atoms with van der Waals surface area (Å²) in [5, 5.41) is 10.1. The third-order valence-corrected chi connectivity index (χ3v) is 3.63. The smallest absolute Gasteiger partial charge is 0.149 e. The number of allylic oxidation sites excluding steroid dienone is 1. The zero-order valence-corrected chi connectivity index (χ0v) is 13.5. The van der Waals surface area contributed by atoms with Gasteiger partial charge in [0.05, 0.1) is 16.6 Å². The number of hydrogen-bond acceptors (Lipinski definition) is 3. The maximum absolute atomic E-state index is 9.53. The van der Waals surface area contributed by atoms with Crippen molar-refractivity contribution in [1.29, 1.82) is 5.26 Å². The first-order valence-electron chi connectivity index (χ1n) is 7.31. The SMILES string of the molecule is C=CCOc1ccc(Cl)cc1C=C(C#N)c1nc2ccccc2[nH]1. The molecule has 0 aliphatic rings. The molecule has 0 bridgehead atoms. The molecule has 1 aromatic heterocycles. The lowest BCUT2D eigenvalue weighted by Gasteiger charge is -2.08. The number of imidazole rings is 1. The van der Waals surface area contributed by atoms with Crippen molar-refractivity contribution >= 4 is 34.3 Å². The van der Waals surface area contributed by atoms with E-state index in [1.54, 1.807) is 30.4 Å². The van der Waals surface area contributed by atoms with Gasteiger partial charge in [-0.25, -0.2) is 4.98 Å². The average Bonchev–Trinajstić information content (AvgIpc) is 3.02. The molecule has 0 fully saturated rings. The monoisotopic (exact) mass is 335 g/mol. The highest BCUT2D eigenvalue weighted by Gasteiger charge is 2.10. The van der Waals surface area contributed by atoms with Gasteiger partial charge in [-0.15, -0.1) is 0 Å². The number of aromatic amines is 1. The van der Waals surface area contributed by atoms with E-state index >= 15 is 0 Å². The molecule has 0 saturated heterocycles. The standard InChI is InChI=1S/C19H14ClN3O/c1-2-9-24-18-8-7-15(20)11-13(18)10-14(12-21)19-22-16-5-3-4-6-17(16)23-19/h2-8,10-11H,1,9H2,(H,22,23). The maximum Gasteiger partial charge on any atom is 0.149 e. The summed E-state index contributed by atoms with van der Waals surface area (Å²) in [7, 11) is 0. The Hall–Kier alpha value is -3.03. The predicted molar refractivity (Wildman–Crippen MR) is 96.7 cm³/mol. The largest absolute Gasteiger partial charge is 0.489 e. The fourth-order valence-electron chi connectivity index (χ4n) is 2.30. The number of hydrogen-bond donors (Lipinski definition) is 1. The third kappa shape index (κ3) is 3.32. The lowest BCUT2D eigenvalue weighted by molar-refractivity contribution is 0.362. The van der Waals surface area contributed by atoms with Gasteiger partial charge in [0.25, 0.3) is 0 Å². The van der Waals surface area contributed by atoms with Crippen molar-refractivity contribution in [2.45, 2.75) is 0 Å². The number of nitrogens with zero attached hydrogens (tertiary/aromatic N) is 2. The highest BCUT2D eigenvalue weighted by atomic mass is 35.5. The fourth-order valence-corrected chi connectivity index (χ4v) is 2.48. The minimum atomic E-state index is 0.370. The van der Waals surface area contributed by atoms with E-state index < -0.39 is 0 Å². The molecule has 0 unspecified atom stereocenters. The van der Waals surface area contributed by atoms with Crippen LogP contribution in [0, 0.1) is 11.3 Å². The van der Waals surface area contributed by atoms with Gasteiger partial charge in [-0.3, -0.25) is 0 Å². The van der Waals surface area contributed by atoms with Crippen LogP contribution in [-0.4, -0.2) is 16.6 Å². The number of benzene rings is 2. The van der Waals surface area contributed by atoms with Gasteiger partial charge >= 0.3 is 0 Å². The van der Waals surface area contributed by atoms with Crippen LogP contribution in [0.15, 0.2) is 55.1 Å². The maximum atomic E-state index is 9.53. The van der Waals surface area contributed by atoms with Gasteiger partial charge in [0.1, 0.15) is 24.3 Å². The number of rotatable bonds is 5. The van der Waals surface area contributed by atoms with Crippen molar-refractivity contribution in [3.63, 3.8) is 0 Å². The molecule has 24 heavy (non-hydrogen) atoms. The number of nitriles is 1. The van der Waals surface area contributed by atoms with Gasteiger partial charge in [-0.2, -0.15) is 5.26 Å². The predicted octanol–water partition coefficient (Wildman–Crippen LogP) is 4.85. The molecule has 1 N–H and O–H groups in total. The first kappa shape index (κ1) is 15.9. The quantitative estimate of drug-likeness (QED) is 0.535. The number of ether oxygens (including phenoxy) is 1. The molecular weight excluding hydrogens is 322 g/mol. The van der Waals surface area contributed by atoms with Crippen molar-refractivity contribution in [3.8, 4) is 11.8 Å². The molecule has 0 atom stereocenters. The molecule has 1 heterocycles. The summed E-state index contributed by atoms with van der Waals surface area (Å²) in [5.74, 6) is 1.14. The minimum absolute atomic E-state index is 0.370. The molecule has 0 saturated carbocycles. The third-order valence-electron chi connectivity index (χ3n) is 3.39. The summed E-state index contributed by atoms with van der Waals surface area (Å²) < 4.78 is 5.62. The fraction of sp³-hybridized carbons (Fsp3) is 0.0526. The number of para-hydroxylation sites is 2. The summed E-state index contributed by atoms with van der Waals surface area (Å²) in [6, 6.07) is 15.1. The second-order valence-corrected chi connectivity index (χ2v) is 5.49. The first-order valence-corrected chi connectivity index (χ1v) is 7.69. The summed E-state index contributed by atoms with van der Waals surface area (Å²) in [4.78, 5) is 7.61. The van der Waals surface area contributed by atoms with Crippen LogP contribution in [-0.2, 0) is 0 Å². The Morgan fingerprint density at radius 2 is 2.17 bits per heavy atom. The van der Waals surface area contributed by atoms with E-state index in [4.69, 9.17) is 16.3 Å². The summed E-state index contributed by atoms with van der Waals surface area (Å²) in [5.41, 5.74) is 2.80. The number of H-pyrrole nitrogens is 1. The van der Waals surface area contributed by atoms with Crippen LogP contribution in [0.1, 0.15) is 11.4 Å². The van der Waals surface area contributed by atoms with E-state index in [0.717, 1.165) is 11.0 Å². The molecule has 3 aromatic rings. The van der Waals surface area contributed by atoms with Crippen molar-refractivity contribution in [2.24, 2.45) is 0 Å². The van der Waals surface area contributed by atoms with E-state index in [1.165, 1.54) is 0 Å².